The van der Waals surface area contributed by atoms with Gasteiger partial charge in [0.2, 0.25) is 0 Å². The third-order valence-corrected chi connectivity index (χ3v) is 4.45. The molecule has 0 saturated carbocycles. The number of hydrogen-bond donors (Lipinski definition) is 3. The Morgan fingerprint density at radius 1 is 1.26 bits per heavy atom. The van der Waals surface area contributed by atoms with Gasteiger partial charge >= 0.3 is 0 Å². The van der Waals surface area contributed by atoms with Crippen molar-refractivity contribution in [2.75, 3.05) is 5.73 Å². The molecule has 0 aliphatic rings. The second kappa shape index (κ2) is 9.97. The van der Waals surface area contributed by atoms with E-state index in [9.17, 15) is 0 Å². The van der Waals surface area contributed by atoms with E-state index >= 15 is 0 Å². The predicted molar refractivity (Wildman–Crippen MR) is 117 cm³/mol. The maximum Gasteiger partial charge on any atom is 0.132 e. The Bertz CT molecular complexity index is 913. The number of nitrogen functional groups attached to an aromatic ring is 1. The molecule has 2 aromatic heterocycles. The van der Waals surface area contributed by atoms with Crippen molar-refractivity contribution >= 4 is 35.1 Å². The zero-order valence-corrected chi connectivity index (χ0v) is 16.8. The van der Waals surface area contributed by atoms with Crippen molar-refractivity contribution in [3.8, 4) is 11.1 Å². The lowest BCUT2D eigenvalue weighted by Gasteiger charge is -2.14. The van der Waals surface area contributed by atoms with E-state index in [-0.39, 0.29) is 0 Å². The minimum absolute atomic E-state index is 0.323. The topological polar surface area (TPSA) is 104 Å². The summed E-state index contributed by atoms with van der Waals surface area (Å²) in [5.41, 5.74) is 16.2. The van der Waals surface area contributed by atoms with Crippen LogP contribution in [0, 0.1) is 0 Å². The maximum absolute atomic E-state index is 6.45. The van der Waals surface area contributed by atoms with Crippen LogP contribution in [0.3, 0.4) is 0 Å². The molecule has 0 aromatic carbocycles. The van der Waals surface area contributed by atoms with Crippen LogP contribution in [0.15, 0.2) is 76.6 Å². The molecule has 0 radical (unpaired) electrons. The highest BCUT2D eigenvalue weighted by molar-refractivity contribution is 8.01. The van der Waals surface area contributed by atoms with Crippen molar-refractivity contribution in [2.45, 2.75) is 13.8 Å². The molecular formula is C20H22ClN5S. The molecule has 0 aliphatic carbocycles. The molecule has 27 heavy (non-hydrogen) atoms. The molecule has 0 saturated heterocycles. The Labute approximate surface area is 168 Å². The third-order valence-electron chi connectivity index (χ3n) is 3.65. The van der Waals surface area contributed by atoms with Crippen molar-refractivity contribution in [1.29, 1.82) is 0 Å². The fraction of sp³-hybridized carbons (Fsp3) is 0.100. The molecule has 5 nitrogen and oxygen atoms in total. The summed E-state index contributed by atoms with van der Waals surface area (Å²) in [6, 6.07) is 5.69. The van der Waals surface area contributed by atoms with E-state index in [2.05, 4.69) is 9.97 Å². The number of halogens is 1. The summed E-state index contributed by atoms with van der Waals surface area (Å²) in [5, 5.41) is 6.54. The first-order chi connectivity index (χ1) is 13.0. The van der Waals surface area contributed by atoms with Crippen LogP contribution >= 0.6 is 23.5 Å². The van der Waals surface area contributed by atoms with Gasteiger partial charge < -0.3 is 11.5 Å². The van der Waals surface area contributed by atoms with Crippen molar-refractivity contribution in [2.24, 2.45) is 10.9 Å². The summed E-state index contributed by atoms with van der Waals surface area (Å²) < 4.78 is 0. The number of nitrogens with zero attached hydrogens (tertiary/aromatic N) is 2. The van der Waals surface area contributed by atoms with E-state index in [0.29, 0.717) is 27.0 Å². The normalized spacial score (nSPS) is 13.8. The highest BCUT2D eigenvalue weighted by Crippen LogP contribution is 2.32. The van der Waals surface area contributed by atoms with Gasteiger partial charge in [0.15, 0.2) is 0 Å². The van der Waals surface area contributed by atoms with Gasteiger partial charge in [0.05, 0.1) is 10.6 Å². The lowest BCUT2D eigenvalue weighted by atomic mass is 10.0. The van der Waals surface area contributed by atoms with Crippen LogP contribution in [-0.2, 0) is 0 Å². The van der Waals surface area contributed by atoms with Gasteiger partial charge in [0, 0.05) is 40.3 Å². The zero-order valence-electron chi connectivity index (χ0n) is 15.2. The van der Waals surface area contributed by atoms with E-state index in [4.69, 9.17) is 28.2 Å². The summed E-state index contributed by atoms with van der Waals surface area (Å²) in [6.07, 6.45) is 12.7. The SMILES string of the molecule is C\C=C/C=C(\C=C(/C)Cl)C(/SN)=C(/N)c1cc(-c2cccnc2)cnc1N. The fourth-order valence-electron chi connectivity index (χ4n) is 2.40. The van der Waals surface area contributed by atoms with E-state index in [1.165, 1.54) is 0 Å². The molecular weight excluding hydrogens is 378 g/mol. The van der Waals surface area contributed by atoms with Gasteiger partial charge in [-0.1, -0.05) is 35.9 Å². The highest BCUT2D eigenvalue weighted by atomic mass is 35.5. The van der Waals surface area contributed by atoms with Crippen LogP contribution in [0.25, 0.3) is 16.8 Å². The molecule has 0 bridgehead atoms. The number of nitrogens with two attached hydrogens (primary N) is 3. The summed E-state index contributed by atoms with van der Waals surface area (Å²) in [7, 11) is 0. The lowest BCUT2D eigenvalue weighted by Crippen LogP contribution is -2.07. The van der Waals surface area contributed by atoms with E-state index < -0.39 is 0 Å². The average molecular weight is 400 g/mol. The predicted octanol–water partition coefficient (Wildman–Crippen LogP) is 4.61. The number of pyridine rings is 2. The second-order valence-electron chi connectivity index (χ2n) is 5.64. The van der Waals surface area contributed by atoms with E-state index in [0.717, 1.165) is 28.6 Å². The van der Waals surface area contributed by atoms with Crippen LogP contribution in [0.5, 0.6) is 0 Å². The summed E-state index contributed by atoms with van der Waals surface area (Å²) in [4.78, 5) is 9.08. The second-order valence-corrected chi connectivity index (χ2v) is 6.88. The van der Waals surface area contributed by atoms with Gasteiger partial charge in [-0.25, -0.2) is 4.98 Å². The Kier molecular flexibility index (Phi) is 7.67. The summed E-state index contributed by atoms with van der Waals surface area (Å²) >= 11 is 7.12. The Morgan fingerprint density at radius 3 is 2.63 bits per heavy atom. The van der Waals surface area contributed by atoms with Gasteiger partial charge in [0.25, 0.3) is 0 Å². The first-order valence-electron chi connectivity index (χ1n) is 8.17. The Balaban J connectivity index is 2.64. The minimum Gasteiger partial charge on any atom is -0.397 e. The average Bonchev–Trinajstić information content (AvgIpc) is 2.67. The molecule has 7 heteroatoms. The van der Waals surface area contributed by atoms with Gasteiger partial charge in [-0.15, -0.1) is 0 Å². The Morgan fingerprint density at radius 2 is 2.04 bits per heavy atom. The standard InChI is InChI=1S/C20H22ClN5S/c1-3-4-6-14(9-13(2)21)19(27-24)18(22)17-10-16(12-26-20(17)23)15-7-5-8-25-11-15/h3-12H,22,24H2,1-2H3,(H2,23,26)/b4-3-,13-9+,14-6+,19-18-. The van der Waals surface area contributed by atoms with Gasteiger partial charge in [-0.3, -0.25) is 10.1 Å². The first-order valence-corrected chi connectivity index (χ1v) is 9.43. The van der Waals surface area contributed by atoms with Crippen LogP contribution in [0.4, 0.5) is 5.82 Å². The van der Waals surface area contributed by atoms with Gasteiger partial charge in [-0.2, -0.15) is 0 Å². The molecule has 2 aromatic rings. The van der Waals surface area contributed by atoms with Crippen molar-refractivity contribution in [3.05, 3.63) is 82.2 Å². The first kappa shape index (κ1) is 20.8. The minimum atomic E-state index is 0.323. The molecule has 140 valence electrons. The summed E-state index contributed by atoms with van der Waals surface area (Å²) in [6.45, 7) is 3.71. The smallest absolute Gasteiger partial charge is 0.132 e. The molecule has 0 spiro atoms. The van der Waals surface area contributed by atoms with Crippen molar-refractivity contribution in [3.63, 3.8) is 0 Å². The quantitative estimate of drug-likeness (QED) is 0.484. The van der Waals surface area contributed by atoms with E-state index in [1.54, 1.807) is 31.6 Å². The summed E-state index contributed by atoms with van der Waals surface area (Å²) in [5.74, 6) is 0.323. The number of allylic oxidation sites excluding steroid dienone is 6. The molecule has 0 aliphatic heterocycles. The van der Waals surface area contributed by atoms with Crippen molar-refractivity contribution in [1.82, 2.24) is 9.97 Å². The largest absolute Gasteiger partial charge is 0.397 e. The van der Waals surface area contributed by atoms with Crippen LogP contribution < -0.4 is 16.6 Å². The van der Waals surface area contributed by atoms with Crippen LogP contribution in [0.1, 0.15) is 19.4 Å². The zero-order chi connectivity index (χ0) is 19.8. The van der Waals surface area contributed by atoms with Crippen molar-refractivity contribution < 1.29 is 0 Å². The molecule has 0 fully saturated rings. The lowest BCUT2D eigenvalue weighted by molar-refractivity contribution is 1.28. The van der Waals surface area contributed by atoms with Gasteiger partial charge in [0.1, 0.15) is 5.82 Å². The van der Waals surface area contributed by atoms with Gasteiger partial charge in [-0.05, 0) is 49.6 Å². The number of anilines is 1. The number of rotatable bonds is 6. The third kappa shape index (κ3) is 5.47. The van der Waals surface area contributed by atoms with Crippen LogP contribution in [-0.4, -0.2) is 9.97 Å². The molecule has 0 atom stereocenters. The molecule has 0 unspecified atom stereocenters. The monoisotopic (exact) mass is 399 g/mol. The van der Waals surface area contributed by atoms with Crippen LogP contribution in [0.2, 0.25) is 0 Å². The fourth-order valence-corrected chi connectivity index (χ4v) is 3.01. The van der Waals surface area contributed by atoms with E-state index in [1.807, 2.05) is 43.4 Å². The Hall–Kier alpha value is -2.54. The number of aromatic nitrogens is 2. The molecule has 6 N–H and O–H groups in total. The molecule has 2 heterocycles. The molecule has 2 rings (SSSR count). The maximum atomic E-state index is 6.45. The highest BCUT2D eigenvalue weighted by Gasteiger charge is 2.14. The number of hydrogen-bond acceptors (Lipinski definition) is 6. The molecule has 0 amide bonds.